The Balaban J connectivity index is 1.70. The molecule has 2 aromatic rings. The fourth-order valence-electron chi connectivity index (χ4n) is 2.79. The number of nitrogens with one attached hydrogen (secondary N) is 2. The van der Waals surface area contributed by atoms with Gasteiger partial charge in [-0.05, 0) is 44.5 Å². The van der Waals surface area contributed by atoms with E-state index in [4.69, 9.17) is 11.6 Å². The summed E-state index contributed by atoms with van der Waals surface area (Å²) < 4.78 is 0. The van der Waals surface area contributed by atoms with Crippen LogP contribution in [0.25, 0.3) is 11.4 Å². The third kappa shape index (κ3) is 3.19. The van der Waals surface area contributed by atoms with Gasteiger partial charge in [-0.1, -0.05) is 23.7 Å². The van der Waals surface area contributed by atoms with E-state index in [0.29, 0.717) is 5.02 Å². The number of anilines is 1. The van der Waals surface area contributed by atoms with Gasteiger partial charge in [-0.3, -0.25) is 5.10 Å². The van der Waals surface area contributed by atoms with Gasteiger partial charge < -0.3 is 10.2 Å². The van der Waals surface area contributed by atoms with Crippen molar-refractivity contribution in [3.05, 3.63) is 29.3 Å². The first-order chi connectivity index (χ1) is 10.3. The summed E-state index contributed by atoms with van der Waals surface area (Å²) in [5.41, 5.74) is 0.892. The molecule has 5 nitrogen and oxygen atoms in total. The fraction of sp³-hybridized carbons (Fsp3) is 0.467. The second-order valence-corrected chi connectivity index (χ2v) is 5.86. The van der Waals surface area contributed by atoms with E-state index in [1.165, 1.54) is 12.8 Å². The summed E-state index contributed by atoms with van der Waals surface area (Å²) in [6.45, 7) is 3.10. The van der Waals surface area contributed by atoms with Crippen LogP contribution in [-0.2, 0) is 0 Å². The molecule has 1 aliphatic heterocycles. The number of halogens is 1. The minimum Gasteiger partial charge on any atom is -0.340 e. The Hall–Kier alpha value is -1.59. The van der Waals surface area contributed by atoms with Crippen molar-refractivity contribution in [2.75, 3.05) is 31.6 Å². The highest BCUT2D eigenvalue weighted by atomic mass is 35.5. The molecule has 1 aliphatic rings. The molecule has 1 aromatic carbocycles. The average Bonchev–Trinajstić information content (AvgIpc) is 2.98. The number of piperidine rings is 1. The van der Waals surface area contributed by atoms with Crippen molar-refractivity contribution in [1.82, 2.24) is 20.5 Å². The van der Waals surface area contributed by atoms with Crippen molar-refractivity contribution >= 4 is 17.5 Å². The maximum atomic E-state index is 6.20. The monoisotopic (exact) mass is 305 g/mol. The Morgan fingerprint density at radius 1 is 1.33 bits per heavy atom. The number of nitrogens with zero attached hydrogens (tertiary/aromatic N) is 3. The Bertz CT molecular complexity index is 589. The van der Waals surface area contributed by atoms with Crippen LogP contribution in [0.2, 0.25) is 5.02 Å². The zero-order valence-electron chi connectivity index (χ0n) is 12.1. The molecule has 1 fully saturated rings. The first-order valence-electron chi connectivity index (χ1n) is 7.35. The van der Waals surface area contributed by atoms with E-state index in [0.717, 1.165) is 42.9 Å². The molecule has 0 radical (unpaired) electrons. The van der Waals surface area contributed by atoms with Gasteiger partial charge in [0.2, 0.25) is 5.95 Å². The van der Waals surface area contributed by atoms with E-state index in [-0.39, 0.29) is 0 Å². The lowest BCUT2D eigenvalue weighted by Gasteiger charge is -2.30. The summed E-state index contributed by atoms with van der Waals surface area (Å²) in [4.78, 5) is 6.83. The number of hydrogen-bond donors (Lipinski definition) is 2. The zero-order valence-corrected chi connectivity index (χ0v) is 12.9. The second-order valence-electron chi connectivity index (χ2n) is 5.45. The predicted molar refractivity (Wildman–Crippen MR) is 85.7 cm³/mol. The third-order valence-electron chi connectivity index (χ3n) is 3.99. The van der Waals surface area contributed by atoms with Crippen LogP contribution in [0.3, 0.4) is 0 Å². The van der Waals surface area contributed by atoms with E-state index in [2.05, 4.69) is 25.4 Å². The molecule has 1 saturated heterocycles. The highest BCUT2D eigenvalue weighted by molar-refractivity contribution is 6.33. The van der Waals surface area contributed by atoms with Crippen molar-refractivity contribution in [3.8, 4) is 11.4 Å². The number of aromatic amines is 1. The van der Waals surface area contributed by atoms with Crippen molar-refractivity contribution < 1.29 is 0 Å². The van der Waals surface area contributed by atoms with E-state index < -0.39 is 0 Å². The molecule has 21 heavy (non-hydrogen) atoms. The maximum Gasteiger partial charge on any atom is 0.245 e. The highest BCUT2D eigenvalue weighted by Gasteiger charge is 2.21. The van der Waals surface area contributed by atoms with E-state index in [9.17, 15) is 0 Å². The third-order valence-corrected chi connectivity index (χ3v) is 4.32. The lowest BCUT2D eigenvalue weighted by Crippen LogP contribution is -2.37. The molecule has 0 aliphatic carbocycles. The Labute approximate surface area is 129 Å². The van der Waals surface area contributed by atoms with E-state index >= 15 is 0 Å². The van der Waals surface area contributed by atoms with Crippen LogP contribution in [-0.4, -0.2) is 41.9 Å². The summed E-state index contributed by atoms with van der Waals surface area (Å²) >= 11 is 6.20. The van der Waals surface area contributed by atoms with E-state index in [1.807, 2.05) is 31.3 Å². The number of rotatable bonds is 4. The van der Waals surface area contributed by atoms with Gasteiger partial charge in [0, 0.05) is 18.7 Å². The van der Waals surface area contributed by atoms with Gasteiger partial charge in [0.05, 0.1) is 5.02 Å². The molecule has 0 amide bonds. The maximum absolute atomic E-state index is 6.20. The molecular weight excluding hydrogens is 286 g/mol. The van der Waals surface area contributed by atoms with Gasteiger partial charge in [-0.25, -0.2) is 0 Å². The quantitative estimate of drug-likeness (QED) is 0.911. The molecule has 3 rings (SSSR count). The number of benzene rings is 1. The standard InChI is InChI=1S/C15H20ClN5/c1-17-10-11-6-8-21(9-7-11)15-18-14(19-20-15)12-4-2-3-5-13(12)16/h2-5,11,17H,6-10H2,1H3,(H,18,19,20). The van der Waals surface area contributed by atoms with Crippen LogP contribution in [0.15, 0.2) is 24.3 Å². The van der Waals surface area contributed by atoms with Crippen LogP contribution in [0.5, 0.6) is 0 Å². The first kappa shape index (κ1) is 14.4. The SMILES string of the molecule is CNCC1CCN(c2n[nH]c(-c3ccccc3Cl)n2)CC1. The number of H-pyrrole nitrogens is 1. The molecule has 0 bridgehead atoms. The number of aromatic nitrogens is 3. The molecule has 2 N–H and O–H groups in total. The topological polar surface area (TPSA) is 56.8 Å². The summed E-state index contributed by atoms with van der Waals surface area (Å²) in [5, 5.41) is 11.3. The summed E-state index contributed by atoms with van der Waals surface area (Å²) in [5.74, 6) is 2.26. The first-order valence-corrected chi connectivity index (χ1v) is 7.72. The molecule has 0 saturated carbocycles. The van der Waals surface area contributed by atoms with Crippen LogP contribution >= 0.6 is 11.6 Å². The van der Waals surface area contributed by atoms with Gasteiger partial charge in [0.25, 0.3) is 0 Å². The van der Waals surface area contributed by atoms with Gasteiger partial charge >= 0.3 is 0 Å². The Morgan fingerprint density at radius 2 is 2.10 bits per heavy atom. The lowest BCUT2D eigenvalue weighted by molar-refractivity contribution is 0.391. The van der Waals surface area contributed by atoms with Crippen LogP contribution < -0.4 is 10.2 Å². The Morgan fingerprint density at radius 3 is 2.81 bits per heavy atom. The molecule has 2 heterocycles. The van der Waals surface area contributed by atoms with Gasteiger partial charge in [0.1, 0.15) is 0 Å². The summed E-state index contributed by atoms with van der Waals surface area (Å²) in [6.07, 6.45) is 2.35. The molecule has 112 valence electrons. The highest BCUT2D eigenvalue weighted by Crippen LogP contribution is 2.27. The minimum absolute atomic E-state index is 0.688. The van der Waals surface area contributed by atoms with Crippen LogP contribution in [0.4, 0.5) is 5.95 Å². The van der Waals surface area contributed by atoms with Crippen molar-refractivity contribution in [3.63, 3.8) is 0 Å². The van der Waals surface area contributed by atoms with Crippen LogP contribution in [0, 0.1) is 5.92 Å². The van der Waals surface area contributed by atoms with Crippen molar-refractivity contribution in [1.29, 1.82) is 0 Å². The largest absolute Gasteiger partial charge is 0.340 e. The molecule has 0 atom stereocenters. The lowest BCUT2D eigenvalue weighted by atomic mass is 9.97. The average molecular weight is 306 g/mol. The normalized spacial score (nSPS) is 16.4. The van der Waals surface area contributed by atoms with E-state index in [1.54, 1.807) is 0 Å². The summed E-state index contributed by atoms with van der Waals surface area (Å²) in [6, 6.07) is 7.68. The van der Waals surface area contributed by atoms with Gasteiger partial charge in [0.15, 0.2) is 5.82 Å². The molecular formula is C15H20ClN5. The molecule has 6 heteroatoms. The van der Waals surface area contributed by atoms with Crippen LogP contribution in [0.1, 0.15) is 12.8 Å². The fourth-order valence-corrected chi connectivity index (χ4v) is 3.02. The molecule has 0 spiro atoms. The molecule has 0 unspecified atom stereocenters. The predicted octanol–water partition coefficient (Wildman–Crippen LogP) is 2.56. The van der Waals surface area contributed by atoms with Gasteiger partial charge in [-0.15, -0.1) is 5.10 Å². The zero-order chi connectivity index (χ0) is 14.7. The smallest absolute Gasteiger partial charge is 0.245 e. The van der Waals surface area contributed by atoms with Crippen molar-refractivity contribution in [2.24, 2.45) is 5.92 Å². The minimum atomic E-state index is 0.688. The Kier molecular flexibility index (Phi) is 4.41. The second kappa shape index (κ2) is 6.45. The summed E-state index contributed by atoms with van der Waals surface area (Å²) in [7, 11) is 2.01. The number of hydrogen-bond acceptors (Lipinski definition) is 4. The van der Waals surface area contributed by atoms with Gasteiger partial charge in [-0.2, -0.15) is 4.98 Å². The molecule has 1 aromatic heterocycles. The van der Waals surface area contributed by atoms with Crippen molar-refractivity contribution in [2.45, 2.75) is 12.8 Å².